The number of anilines is 1. The van der Waals surface area contributed by atoms with Crippen molar-refractivity contribution in [2.75, 3.05) is 4.90 Å². The molecule has 1 heterocycles. The maximum absolute atomic E-state index is 12.9. The first-order chi connectivity index (χ1) is 12.0. The minimum Gasteiger partial charge on any atom is -0.301 e. The number of nitrogens with one attached hydrogen (secondary N) is 1. The van der Waals surface area contributed by atoms with Gasteiger partial charge in [-0.3, -0.25) is 19.5 Å². The molecule has 0 radical (unpaired) electrons. The van der Waals surface area contributed by atoms with Gasteiger partial charge in [0.05, 0.1) is 11.4 Å². The zero-order valence-electron chi connectivity index (χ0n) is 13.3. The van der Waals surface area contributed by atoms with Crippen molar-refractivity contribution < 1.29 is 14.0 Å². The van der Waals surface area contributed by atoms with Gasteiger partial charge in [0.15, 0.2) is 11.0 Å². The molecule has 0 saturated carbocycles. The Hall–Kier alpha value is -2.93. The lowest BCUT2D eigenvalue weighted by atomic mass is 10.1. The van der Waals surface area contributed by atoms with Gasteiger partial charge in [-0.05, 0) is 55.5 Å². The number of benzene rings is 2. The fraction of sp³-hybridized carbons (Fsp3) is 0.111. The predicted octanol–water partition coefficient (Wildman–Crippen LogP) is 2.90. The number of aryl methyl sites for hydroxylation is 1. The van der Waals surface area contributed by atoms with Gasteiger partial charge < -0.3 is 5.32 Å². The van der Waals surface area contributed by atoms with E-state index in [0.717, 1.165) is 5.56 Å². The summed E-state index contributed by atoms with van der Waals surface area (Å²) in [4.78, 5) is 30.2. The van der Waals surface area contributed by atoms with Crippen LogP contribution in [0.3, 0.4) is 0 Å². The first kappa shape index (κ1) is 16.9. The molecule has 2 aromatic rings. The molecule has 0 unspecified atom stereocenters. The van der Waals surface area contributed by atoms with Crippen LogP contribution in [0.25, 0.3) is 0 Å². The first-order valence-electron chi connectivity index (χ1n) is 7.51. The molecule has 3 rings (SSSR count). The summed E-state index contributed by atoms with van der Waals surface area (Å²) in [5.74, 6) is -2.52. The predicted molar refractivity (Wildman–Crippen MR) is 97.4 cm³/mol. The average Bonchev–Trinajstić information content (AvgIpc) is 2.57. The quantitative estimate of drug-likeness (QED) is 0.523. The highest BCUT2D eigenvalue weighted by atomic mass is 32.1. The van der Waals surface area contributed by atoms with Crippen LogP contribution in [0.1, 0.15) is 5.56 Å². The molecule has 1 fully saturated rings. The molecule has 0 spiro atoms. The number of rotatable bonds is 3. The monoisotopic (exact) mass is 355 g/mol. The van der Waals surface area contributed by atoms with Gasteiger partial charge >= 0.3 is 0 Å². The van der Waals surface area contributed by atoms with Crippen molar-refractivity contribution in [2.45, 2.75) is 6.92 Å². The topological polar surface area (TPSA) is 61.8 Å². The van der Waals surface area contributed by atoms with Crippen molar-refractivity contribution >= 4 is 46.7 Å². The van der Waals surface area contributed by atoms with Crippen molar-refractivity contribution in [3.63, 3.8) is 0 Å². The molecular formula is C18H14FN3O2S. The van der Waals surface area contributed by atoms with Gasteiger partial charge in [-0.15, -0.1) is 0 Å². The third-order valence-corrected chi connectivity index (χ3v) is 3.98. The molecule has 7 heteroatoms. The van der Waals surface area contributed by atoms with E-state index in [9.17, 15) is 14.0 Å². The van der Waals surface area contributed by atoms with Gasteiger partial charge in [-0.1, -0.05) is 17.7 Å². The number of halogens is 1. The van der Waals surface area contributed by atoms with Gasteiger partial charge in [0, 0.05) is 6.21 Å². The first-order valence-corrected chi connectivity index (χ1v) is 7.92. The Balaban J connectivity index is 1.87. The van der Waals surface area contributed by atoms with Gasteiger partial charge in [-0.25, -0.2) is 4.39 Å². The molecule has 2 aromatic carbocycles. The van der Waals surface area contributed by atoms with Gasteiger partial charge in [0.1, 0.15) is 5.82 Å². The number of aliphatic imine (C=N–C) groups is 1. The smallest absolute Gasteiger partial charge is 0.251 e. The molecule has 0 aromatic heterocycles. The minimum absolute atomic E-state index is 0.0327. The summed E-state index contributed by atoms with van der Waals surface area (Å²) >= 11 is 5.13. The molecular weight excluding hydrogens is 341 g/mol. The zero-order valence-corrected chi connectivity index (χ0v) is 14.1. The number of carbonyl (C=O) groups excluding carboxylic acids is 2. The second-order valence-electron chi connectivity index (χ2n) is 5.54. The Morgan fingerprint density at radius 2 is 1.76 bits per heavy atom. The van der Waals surface area contributed by atoms with E-state index < -0.39 is 17.7 Å². The van der Waals surface area contributed by atoms with Crippen molar-refractivity contribution in [1.29, 1.82) is 0 Å². The zero-order chi connectivity index (χ0) is 18.0. The van der Waals surface area contributed by atoms with E-state index in [-0.39, 0.29) is 10.9 Å². The molecule has 1 N–H and O–H groups in total. The van der Waals surface area contributed by atoms with Crippen LogP contribution in [0.5, 0.6) is 0 Å². The summed E-state index contributed by atoms with van der Waals surface area (Å²) in [6.07, 6.45) is 1.24. The van der Waals surface area contributed by atoms with E-state index in [0.29, 0.717) is 11.4 Å². The summed E-state index contributed by atoms with van der Waals surface area (Å²) in [5, 5.41) is 2.55. The Morgan fingerprint density at radius 1 is 1.12 bits per heavy atom. The molecule has 25 heavy (non-hydrogen) atoms. The van der Waals surface area contributed by atoms with Gasteiger partial charge in [0.25, 0.3) is 5.91 Å². The lowest BCUT2D eigenvalue weighted by molar-refractivity contribution is -0.130. The van der Waals surface area contributed by atoms with Crippen LogP contribution < -0.4 is 10.2 Å². The highest BCUT2D eigenvalue weighted by Gasteiger charge is 2.38. The Kier molecular flexibility index (Phi) is 4.67. The largest absolute Gasteiger partial charge is 0.301 e. The lowest BCUT2D eigenvalue weighted by Gasteiger charge is -2.30. The standard InChI is InChI=1S/C18H14FN3O2S/c1-11-2-8-14(9-3-11)22-17(24)15(16(23)21-18(22)25)10-20-13-6-4-12(19)5-7-13/h2-10,15H,1H3,(H,21,23,25)/t15-/m1/s1. The minimum atomic E-state index is -1.11. The van der Waals surface area contributed by atoms with E-state index in [1.54, 1.807) is 12.1 Å². The lowest BCUT2D eigenvalue weighted by Crippen LogP contribution is -2.58. The summed E-state index contributed by atoms with van der Waals surface area (Å²) in [6.45, 7) is 1.93. The summed E-state index contributed by atoms with van der Waals surface area (Å²) in [6, 6.07) is 12.6. The van der Waals surface area contributed by atoms with Crippen LogP contribution in [0.15, 0.2) is 53.5 Å². The van der Waals surface area contributed by atoms with Crippen molar-refractivity contribution in [3.05, 3.63) is 59.9 Å². The normalized spacial score (nSPS) is 17.9. The SMILES string of the molecule is Cc1ccc(N2C(=O)[C@H](C=Nc3ccc(F)cc3)C(=O)NC2=S)cc1. The molecule has 1 aliphatic rings. The third kappa shape index (κ3) is 3.61. The molecule has 0 bridgehead atoms. The Bertz CT molecular complexity index is 863. The van der Waals surface area contributed by atoms with Crippen molar-refractivity contribution in [3.8, 4) is 0 Å². The van der Waals surface area contributed by atoms with Crippen LogP contribution in [-0.2, 0) is 9.59 Å². The van der Waals surface area contributed by atoms with Crippen LogP contribution in [0.2, 0.25) is 0 Å². The Morgan fingerprint density at radius 3 is 2.40 bits per heavy atom. The molecule has 0 aliphatic carbocycles. The number of amides is 2. The van der Waals surface area contributed by atoms with E-state index in [4.69, 9.17) is 12.2 Å². The van der Waals surface area contributed by atoms with Crippen molar-refractivity contribution in [1.82, 2.24) is 5.32 Å². The molecule has 1 aliphatic heterocycles. The van der Waals surface area contributed by atoms with E-state index in [1.807, 2.05) is 19.1 Å². The number of thiocarbonyl (C=S) groups is 1. The molecule has 126 valence electrons. The van der Waals surface area contributed by atoms with Crippen LogP contribution in [-0.4, -0.2) is 23.1 Å². The van der Waals surface area contributed by atoms with Gasteiger partial charge in [0.2, 0.25) is 5.91 Å². The second kappa shape index (κ2) is 6.90. The number of carbonyl (C=O) groups is 2. The van der Waals surface area contributed by atoms with Crippen LogP contribution >= 0.6 is 12.2 Å². The molecule has 1 saturated heterocycles. The van der Waals surface area contributed by atoms with Crippen molar-refractivity contribution in [2.24, 2.45) is 10.9 Å². The number of hydrogen-bond donors (Lipinski definition) is 1. The highest BCUT2D eigenvalue weighted by Crippen LogP contribution is 2.21. The van der Waals surface area contributed by atoms with E-state index >= 15 is 0 Å². The summed E-state index contributed by atoms with van der Waals surface area (Å²) < 4.78 is 12.9. The highest BCUT2D eigenvalue weighted by molar-refractivity contribution is 7.80. The number of nitrogens with zero attached hydrogens (tertiary/aromatic N) is 2. The third-order valence-electron chi connectivity index (χ3n) is 3.69. The molecule has 1 atom stereocenters. The van der Waals surface area contributed by atoms with E-state index in [1.165, 1.54) is 35.4 Å². The molecule has 2 amide bonds. The Labute approximate surface area is 149 Å². The van der Waals surface area contributed by atoms with Crippen LogP contribution in [0.4, 0.5) is 15.8 Å². The fourth-order valence-corrected chi connectivity index (χ4v) is 2.64. The second-order valence-corrected chi connectivity index (χ2v) is 5.92. The van der Waals surface area contributed by atoms with Gasteiger partial charge in [-0.2, -0.15) is 0 Å². The average molecular weight is 355 g/mol. The summed E-state index contributed by atoms with van der Waals surface area (Å²) in [5.41, 5.74) is 2.05. The molecule has 5 nitrogen and oxygen atoms in total. The maximum atomic E-state index is 12.9. The number of hydrogen-bond acceptors (Lipinski definition) is 4. The summed E-state index contributed by atoms with van der Waals surface area (Å²) in [7, 11) is 0. The maximum Gasteiger partial charge on any atom is 0.251 e. The fourth-order valence-electron chi connectivity index (χ4n) is 2.35. The van der Waals surface area contributed by atoms with E-state index in [2.05, 4.69) is 10.3 Å². The van der Waals surface area contributed by atoms with Crippen LogP contribution in [0, 0.1) is 18.7 Å².